The first-order valence-electron chi connectivity index (χ1n) is 8.50. The Morgan fingerprint density at radius 3 is 2.17 bits per heavy atom. The molecule has 0 radical (unpaired) electrons. The molecule has 0 unspecified atom stereocenters. The first-order valence-corrected chi connectivity index (χ1v) is 9.98. The van der Waals surface area contributed by atoms with Gasteiger partial charge >= 0.3 is 0 Å². The molecule has 5 heteroatoms. The van der Waals surface area contributed by atoms with E-state index in [9.17, 15) is 8.42 Å². The number of likely N-dealkylation sites (tertiary alicyclic amines) is 1. The Bertz CT molecular complexity index is 597. The number of sulfonamides is 1. The Hall–Kier alpha value is -0.910. The predicted molar refractivity (Wildman–Crippen MR) is 95.0 cm³/mol. The fourth-order valence-electron chi connectivity index (χ4n) is 2.86. The van der Waals surface area contributed by atoms with Gasteiger partial charge in [-0.2, -0.15) is 0 Å². The van der Waals surface area contributed by atoms with Gasteiger partial charge in [-0.05, 0) is 50.4 Å². The van der Waals surface area contributed by atoms with Gasteiger partial charge in [-0.15, -0.1) is 0 Å². The third-order valence-electron chi connectivity index (χ3n) is 4.56. The van der Waals surface area contributed by atoms with Crippen LogP contribution in [0, 0.1) is 12.3 Å². The molecule has 1 aromatic carbocycles. The van der Waals surface area contributed by atoms with E-state index in [1.165, 1.54) is 19.3 Å². The third kappa shape index (κ3) is 5.30. The number of nitrogens with zero attached hydrogens (tertiary/aromatic N) is 1. The van der Waals surface area contributed by atoms with Gasteiger partial charge in [-0.3, -0.25) is 0 Å². The van der Waals surface area contributed by atoms with Gasteiger partial charge in [0, 0.05) is 12.6 Å². The van der Waals surface area contributed by atoms with Crippen LogP contribution >= 0.6 is 0 Å². The summed E-state index contributed by atoms with van der Waals surface area (Å²) >= 11 is 0. The Kier molecular flexibility index (Phi) is 5.87. The zero-order valence-corrected chi connectivity index (χ0v) is 15.6. The van der Waals surface area contributed by atoms with Crippen LogP contribution in [-0.2, 0) is 10.0 Å². The second-order valence-electron chi connectivity index (χ2n) is 7.71. The molecule has 1 aliphatic heterocycles. The van der Waals surface area contributed by atoms with Crippen LogP contribution < -0.4 is 4.72 Å². The molecule has 1 saturated heterocycles. The minimum absolute atomic E-state index is 0.105. The molecule has 1 N–H and O–H groups in total. The molecule has 1 fully saturated rings. The molecule has 1 aromatic rings. The molecule has 4 nitrogen and oxygen atoms in total. The highest BCUT2D eigenvalue weighted by Crippen LogP contribution is 2.24. The number of hydrogen-bond acceptors (Lipinski definition) is 3. The van der Waals surface area contributed by atoms with E-state index in [1.54, 1.807) is 12.1 Å². The van der Waals surface area contributed by atoms with E-state index in [4.69, 9.17) is 0 Å². The summed E-state index contributed by atoms with van der Waals surface area (Å²) in [6.45, 7) is 11.2. The van der Waals surface area contributed by atoms with Crippen molar-refractivity contribution in [3.05, 3.63) is 29.8 Å². The lowest BCUT2D eigenvalue weighted by molar-refractivity contribution is 0.166. The van der Waals surface area contributed by atoms with Gasteiger partial charge < -0.3 is 4.90 Å². The van der Waals surface area contributed by atoms with E-state index in [2.05, 4.69) is 30.4 Å². The number of piperidine rings is 1. The molecule has 0 saturated carbocycles. The Morgan fingerprint density at radius 2 is 1.65 bits per heavy atom. The van der Waals surface area contributed by atoms with Crippen molar-refractivity contribution in [3.63, 3.8) is 0 Å². The van der Waals surface area contributed by atoms with Crippen molar-refractivity contribution in [2.45, 2.75) is 57.9 Å². The monoisotopic (exact) mass is 338 g/mol. The number of aryl methyl sites for hydroxylation is 1. The van der Waals surface area contributed by atoms with Gasteiger partial charge in [0.2, 0.25) is 10.0 Å². The van der Waals surface area contributed by atoms with Crippen molar-refractivity contribution in [1.82, 2.24) is 9.62 Å². The fourth-order valence-corrected chi connectivity index (χ4v) is 4.29. The van der Waals surface area contributed by atoms with Gasteiger partial charge in [0.25, 0.3) is 0 Å². The summed E-state index contributed by atoms with van der Waals surface area (Å²) in [4.78, 5) is 2.73. The van der Waals surface area contributed by atoms with E-state index >= 15 is 0 Å². The summed E-state index contributed by atoms with van der Waals surface area (Å²) in [6, 6.07) is 6.93. The van der Waals surface area contributed by atoms with Crippen molar-refractivity contribution in [3.8, 4) is 0 Å². The molecule has 130 valence electrons. The highest BCUT2D eigenvalue weighted by atomic mass is 32.2. The highest BCUT2D eigenvalue weighted by molar-refractivity contribution is 7.89. The van der Waals surface area contributed by atoms with Crippen LogP contribution in [-0.4, -0.2) is 39.0 Å². The topological polar surface area (TPSA) is 49.4 Å². The molecule has 0 amide bonds. The molecule has 0 spiro atoms. The largest absolute Gasteiger partial charge is 0.302 e. The minimum atomic E-state index is -3.49. The first kappa shape index (κ1) is 18.4. The van der Waals surface area contributed by atoms with Crippen molar-refractivity contribution in [2.75, 3.05) is 19.6 Å². The average molecular weight is 339 g/mol. The van der Waals surface area contributed by atoms with Crippen molar-refractivity contribution in [2.24, 2.45) is 5.41 Å². The molecule has 1 atom stereocenters. The molecule has 0 bridgehead atoms. The molecule has 2 rings (SSSR count). The van der Waals surface area contributed by atoms with E-state index < -0.39 is 10.0 Å². The second-order valence-corrected chi connectivity index (χ2v) is 9.43. The van der Waals surface area contributed by atoms with Crippen LogP contribution in [0.15, 0.2) is 29.2 Å². The molecular weight excluding hydrogens is 308 g/mol. The lowest BCUT2D eigenvalue weighted by Crippen LogP contribution is -2.51. The van der Waals surface area contributed by atoms with E-state index in [0.717, 1.165) is 25.2 Å². The molecule has 23 heavy (non-hydrogen) atoms. The van der Waals surface area contributed by atoms with Gasteiger partial charge in [-0.25, -0.2) is 13.1 Å². The maximum atomic E-state index is 12.7. The lowest BCUT2D eigenvalue weighted by atomic mass is 9.87. The maximum Gasteiger partial charge on any atom is 0.240 e. The van der Waals surface area contributed by atoms with Crippen LogP contribution in [0.2, 0.25) is 0 Å². The van der Waals surface area contributed by atoms with E-state index in [0.29, 0.717) is 4.90 Å². The summed E-state index contributed by atoms with van der Waals surface area (Å²) < 4.78 is 28.4. The average Bonchev–Trinajstić information content (AvgIpc) is 2.47. The molecule has 1 heterocycles. The number of rotatable bonds is 5. The summed E-state index contributed by atoms with van der Waals surface area (Å²) in [5.74, 6) is 0. The second kappa shape index (κ2) is 7.32. The molecule has 0 aliphatic carbocycles. The van der Waals surface area contributed by atoms with Crippen LogP contribution in [0.1, 0.15) is 45.6 Å². The van der Waals surface area contributed by atoms with E-state index in [-0.39, 0.29) is 11.5 Å². The zero-order chi connectivity index (χ0) is 17.1. The van der Waals surface area contributed by atoms with Gasteiger partial charge in [0.1, 0.15) is 0 Å². The standard InChI is InChI=1S/C18H30N2O2S/c1-15-8-10-16(11-9-15)23(21,22)19-17(18(2,3)4)14-20-12-6-5-7-13-20/h8-11,17,19H,5-7,12-14H2,1-4H3/t17-/m1/s1. The van der Waals surface area contributed by atoms with Crippen LogP contribution in [0.3, 0.4) is 0 Å². The summed E-state index contributed by atoms with van der Waals surface area (Å²) in [5, 5.41) is 0. The van der Waals surface area contributed by atoms with Gasteiger partial charge in [-0.1, -0.05) is 44.9 Å². The van der Waals surface area contributed by atoms with Crippen molar-refractivity contribution < 1.29 is 8.42 Å². The van der Waals surface area contributed by atoms with Crippen LogP contribution in [0.4, 0.5) is 0 Å². The van der Waals surface area contributed by atoms with Crippen molar-refractivity contribution >= 4 is 10.0 Å². The zero-order valence-electron chi connectivity index (χ0n) is 14.8. The number of hydrogen-bond donors (Lipinski definition) is 1. The van der Waals surface area contributed by atoms with E-state index in [1.807, 2.05) is 19.1 Å². The Balaban J connectivity index is 2.14. The highest BCUT2D eigenvalue weighted by Gasteiger charge is 2.31. The molecule has 1 aliphatic rings. The summed E-state index contributed by atoms with van der Waals surface area (Å²) in [5.41, 5.74) is 0.930. The molecular formula is C18H30N2O2S. The van der Waals surface area contributed by atoms with Crippen LogP contribution in [0.5, 0.6) is 0 Å². The lowest BCUT2D eigenvalue weighted by Gasteiger charge is -2.37. The quantitative estimate of drug-likeness (QED) is 0.897. The van der Waals surface area contributed by atoms with Gasteiger partial charge in [0.15, 0.2) is 0 Å². The van der Waals surface area contributed by atoms with Crippen LogP contribution in [0.25, 0.3) is 0 Å². The predicted octanol–water partition coefficient (Wildman–Crippen LogP) is 3.17. The van der Waals surface area contributed by atoms with Crippen molar-refractivity contribution in [1.29, 1.82) is 0 Å². The Labute approximate surface area is 141 Å². The smallest absolute Gasteiger partial charge is 0.240 e. The normalized spacial score (nSPS) is 18.8. The third-order valence-corrected chi connectivity index (χ3v) is 6.05. The van der Waals surface area contributed by atoms with Gasteiger partial charge in [0.05, 0.1) is 4.90 Å². The molecule has 0 aromatic heterocycles. The summed E-state index contributed by atoms with van der Waals surface area (Å²) in [6.07, 6.45) is 3.70. The fraction of sp³-hybridized carbons (Fsp3) is 0.667. The number of benzene rings is 1. The Morgan fingerprint density at radius 1 is 1.09 bits per heavy atom. The minimum Gasteiger partial charge on any atom is -0.302 e. The summed E-state index contributed by atoms with van der Waals surface area (Å²) in [7, 11) is -3.49. The number of nitrogens with one attached hydrogen (secondary N) is 1. The maximum absolute atomic E-state index is 12.7. The SMILES string of the molecule is Cc1ccc(S(=O)(=O)N[C@H](CN2CCCCC2)C(C)(C)C)cc1. The first-order chi connectivity index (χ1) is 10.7.